The lowest BCUT2D eigenvalue weighted by atomic mass is 10.0. The van der Waals surface area contributed by atoms with Crippen molar-refractivity contribution >= 4 is 34.0 Å². The van der Waals surface area contributed by atoms with Crippen molar-refractivity contribution in [3.8, 4) is 5.75 Å². The fraction of sp³-hybridized carbons (Fsp3) is 0.217. The highest BCUT2D eigenvalue weighted by Crippen LogP contribution is 2.30. The van der Waals surface area contributed by atoms with Crippen LogP contribution in [0.1, 0.15) is 30.1 Å². The van der Waals surface area contributed by atoms with Gasteiger partial charge >= 0.3 is 0 Å². The van der Waals surface area contributed by atoms with E-state index >= 15 is 0 Å². The first-order valence-electron chi connectivity index (χ1n) is 9.53. The molecule has 3 aromatic carbocycles. The zero-order chi connectivity index (χ0) is 19.5. The number of rotatable bonds is 5. The Labute approximate surface area is 163 Å². The van der Waals surface area contributed by atoms with Crippen molar-refractivity contribution in [1.29, 1.82) is 0 Å². The Balaban J connectivity index is 1.61. The molecule has 1 saturated heterocycles. The number of nitrogens with zero attached hydrogens (tertiary/aromatic N) is 1. The highest BCUT2D eigenvalue weighted by atomic mass is 16.5. The van der Waals surface area contributed by atoms with Gasteiger partial charge < -0.3 is 15.0 Å². The molecule has 4 rings (SSSR count). The van der Waals surface area contributed by atoms with Gasteiger partial charge in [-0.2, -0.15) is 0 Å². The fourth-order valence-corrected chi connectivity index (χ4v) is 3.60. The van der Waals surface area contributed by atoms with Crippen LogP contribution in [0.2, 0.25) is 0 Å². The molecule has 1 N–H and O–H groups in total. The van der Waals surface area contributed by atoms with Gasteiger partial charge in [-0.15, -0.1) is 0 Å². The zero-order valence-electron chi connectivity index (χ0n) is 15.8. The third-order valence-electron chi connectivity index (χ3n) is 4.93. The van der Waals surface area contributed by atoms with Crippen molar-refractivity contribution in [2.75, 3.05) is 23.4 Å². The molecule has 1 aliphatic rings. The predicted molar refractivity (Wildman–Crippen MR) is 111 cm³/mol. The SMILES string of the molecule is CCOc1ccc2ccccc2c1C(=O)Nc1ccc(N2CCCC2=O)cc1. The molecule has 1 aliphatic heterocycles. The molecule has 5 heteroatoms. The minimum atomic E-state index is -0.217. The van der Waals surface area contributed by atoms with Crippen molar-refractivity contribution < 1.29 is 14.3 Å². The van der Waals surface area contributed by atoms with Gasteiger partial charge in [0.25, 0.3) is 5.91 Å². The fourth-order valence-electron chi connectivity index (χ4n) is 3.60. The number of benzene rings is 3. The van der Waals surface area contributed by atoms with Crippen molar-refractivity contribution in [3.63, 3.8) is 0 Å². The number of hydrogen-bond donors (Lipinski definition) is 1. The maximum absolute atomic E-state index is 13.1. The van der Waals surface area contributed by atoms with Crippen LogP contribution in [0, 0.1) is 0 Å². The number of carbonyl (C=O) groups is 2. The average Bonchev–Trinajstić information content (AvgIpc) is 3.14. The van der Waals surface area contributed by atoms with E-state index < -0.39 is 0 Å². The first-order chi connectivity index (χ1) is 13.7. The van der Waals surface area contributed by atoms with Gasteiger partial charge in [-0.1, -0.05) is 30.3 Å². The van der Waals surface area contributed by atoms with Gasteiger partial charge in [-0.05, 0) is 54.4 Å². The van der Waals surface area contributed by atoms with E-state index in [0.717, 1.165) is 29.4 Å². The standard InChI is InChI=1S/C23H22N2O3/c1-2-28-20-14-9-16-6-3-4-7-19(16)22(20)23(27)24-17-10-12-18(13-11-17)25-15-5-8-21(25)26/h3-4,6-7,9-14H,2,5,8,15H2,1H3,(H,24,27). The Morgan fingerprint density at radius 2 is 1.86 bits per heavy atom. The van der Waals surface area contributed by atoms with Gasteiger partial charge in [0, 0.05) is 24.3 Å². The average molecular weight is 374 g/mol. The molecular formula is C23H22N2O3. The Hall–Kier alpha value is -3.34. The van der Waals surface area contributed by atoms with Gasteiger partial charge in [-0.25, -0.2) is 0 Å². The van der Waals surface area contributed by atoms with Crippen LogP contribution in [-0.4, -0.2) is 25.0 Å². The molecule has 2 amide bonds. The quantitative estimate of drug-likeness (QED) is 0.709. The molecule has 142 valence electrons. The van der Waals surface area contributed by atoms with E-state index in [1.807, 2.05) is 67.6 Å². The summed E-state index contributed by atoms with van der Waals surface area (Å²) in [6.45, 7) is 3.13. The van der Waals surface area contributed by atoms with Crippen molar-refractivity contribution in [2.45, 2.75) is 19.8 Å². The minimum absolute atomic E-state index is 0.147. The number of carbonyl (C=O) groups excluding carboxylic acids is 2. The normalized spacial score (nSPS) is 13.8. The largest absolute Gasteiger partial charge is 0.493 e. The van der Waals surface area contributed by atoms with Crippen LogP contribution in [0.15, 0.2) is 60.7 Å². The van der Waals surface area contributed by atoms with E-state index in [1.54, 1.807) is 4.90 Å². The van der Waals surface area contributed by atoms with Crippen molar-refractivity contribution in [2.24, 2.45) is 0 Å². The Morgan fingerprint density at radius 3 is 2.57 bits per heavy atom. The number of hydrogen-bond acceptors (Lipinski definition) is 3. The van der Waals surface area contributed by atoms with Crippen LogP contribution in [0.3, 0.4) is 0 Å². The molecule has 0 radical (unpaired) electrons. The number of amides is 2. The lowest BCUT2D eigenvalue weighted by Gasteiger charge is -2.17. The van der Waals surface area contributed by atoms with E-state index in [0.29, 0.717) is 30.0 Å². The second-order valence-electron chi connectivity index (χ2n) is 6.74. The van der Waals surface area contributed by atoms with Crippen molar-refractivity contribution in [3.05, 3.63) is 66.2 Å². The minimum Gasteiger partial charge on any atom is -0.493 e. The zero-order valence-corrected chi connectivity index (χ0v) is 15.8. The maximum Gasteiger partial charge on any atom is 0.260 e. The second-order valence-corrected chi connectivity index (χ2v) is 6.74. The molecule has 5 nitrogen and oxygen atoms in total. The summed E-state index contributed by atoms with van der Waals surface area (Å²) >= 11 is 0. The van der Waals surface area contributed by atoms with Crippen LogP contribution >= 0.6 is 0 Å². The Bertz CT molecular complexity index is 1030. The summed E-state index contributed by atoms with van der Waals surface area (Å²) < 4.78 is 5.70. The molecule has 0 atom stereocenters. The maximum atomic E-state index is 13.1. The van der Waals surface area contributed by atoms with E-state index in [-0.39, 0.29) is 11.8 Å². The lowest BCUT2D eigenvalue weighted by molar-refractivity contribution is -0.117. The summed E-state index contributed by atoms with van der Waals surface area (Å²) in [5, 5.41) is 4.79. The molecule has 28 heavy (non-hydrogen) atoms. The van der Waals surface area contributed by atoms with Crippen LogP contribution in [0.4, 0.5) is 11.4 Å². The summed E-state index contributed by atoms with van der Waals surface area (Å²) in [5.74, 6) is 0.497. The lowest BCUT2D eigenvalue weighted by Crippen LogP contribution is -2.23. The number of nitrogens with one attached hydrogen (secondary N) is 1. The summed E-state index contributed by atoms with van der Waals surface area (Å²) in [4.78, 5) is 26.7. The highest BCUT2D eigenvalue weighted by molar-refractivity contribution is 6.15. The molecule has 0 saturated carbocycles. The molecule has 0 unspecified atom stereocenters. The summed E-state index contributed by atoms with van der Waals surface area (Å²) in [6, 6.07) is 18.9. The van der Waals surface area contributed by atoms with E-state index in [4.69, 9.17) is 4.74 Å². The number of anilines is 2. The van der Waals surface area contributed by atoms with E-state index in [2.05, 4.69) is 5.32 Å². The number of ether oxygens (including phenoxy) is 1. The topological polar surface area (TPSA) is 58.6 Å². The highest BCUT2D eigenvalue weighted by Gasteiger charge is 2.22. The molecular weight excluding hydrogens is 352 g/mol. The molecule has 3 aromatic rings. The van der Waals surface area contributed by atoms with E-state index in [9.17, 15) is 9.59 Å². The molecule has 1 fully saturated rings. The molecule has 0 spiro atoms. The first-order valence-corrected chi connectivity index (χ1v) is 9.53. The second kappa shape index (κ2) is 7.72. The van der Waals surface area contributed by atoms with E-state index in [1.165, 1.54) is 0 Å². The summed E-state index contributed by atoms with van der Waals surface area (Å²) in [5.41, 5.74) is 2.06. The summed E-state index contributed by atoms with van der Waals surface area (Å²) in [7, 11) is 0. The van der Waals surface area contributed by atoms with Gasteiger partial charge in [-0.3, -0.25) is 9.59 Å². The molecule has 0 aliphatic carbocycles. The first kappa shape index (κ1) is 18.0. The van der Waals surface area contributed by atoms with Crippen molar-refractivity contribution in [1.82, 2.24) is 0 Å². The monoisotopic (exact) mass is 374 g/mol. The van der Waals surface area contributed by atoms with Gasteiger partial charge in [0.2, 0.25) is 5.91 Å². The Kier molecular flexibility index (Phi) is 4.98. The predicted octanol–water partition coefficient (Wildman–Crippen LogP) is 4.62. The van der Waals surface area contributed by atoms with Crippen LogP contribution in [0.25, 0.3) is 10.8 Å². The molecule has 1 heterocycles. The molecule has 0 bridgehead atoms. The van der Waals surface area contributed by atoms with Crippen LogP contribution in [-0.2, 0) is 4.79 Å². The third-order valence-corrected chi connectivity index (χ3v) is 4.93. The third kappa shape index (κ3) is 3.43. The Morgan fingerprint density at radius 1 is 1.07 bits per heavy atom. The number of fused-ring (bicyclic) bond motifs is 1. The van der Waals surface area contributed by atoms with Crippen LogP contribution < -0.4 is 15.0 Å². The van der Waals surface area contributed by atoms with Gasteiger partial charge in [0.1, 0.15) is 5.75 Å². The summed E-state index contributed by atoms with van der Waals surface area (Å²) in [6.07, 6.45) is 1.48. The van der Waals surface area contributed by atoms with Gasteiger partial charge in [0.05, 0.1) is 12.2 Å². The van der Waals surface area contributed by atoms with Gasteiger partial charge in [0.15, 0.2) is 0 Å². The van der Waals surface area contributed by atoms with Crippen LogP contribution in [0.5, 0.6) is 5.75 Å². The smallest absolute Gasteiger partial charge is 0.260 e. The molecule has 0 aromatic heterocycles.